The number of carbonyl (C=O) groups excluding carboxylic acids is 1. The molecular formula is C10H18N2O3. The summed E-state index contributed by atoms with van der Waals surface area (Å²) < 4.78 is 0. The predicted octanol–water partition coefficient (Wildman–Crippen LogP) is 0.0600. The van der Waals surface area contributed by atoms with Crippen molar-refractivity contribution in [2.24, 2.45) is 0 Å². The van der Waals surface area contributed by atoms with Gasteiger partial charge in [0.25, 0.3) is 0 Å². The van der Waals surface area contributed by atoms with Crippen LogP contribution in [-0.2, 0) is 9.59 Å². The molecule has 2 atom stereocenters. The molecule has 1 aliphatic rings. The van der Waals surface area contributed by atoms with Gasteiger partial charge in [-0.3, -0.25) is 14.5 Å². The highest BCUT2D eigenvalue weighted by atomic mass is 16.4. The third-order valence-corrected chi connectivity index (χ3v) is 2.69. The Bertz CT molecular complexity index is 255. The van der Waals surface area contributed by atoms with Gasteiger partial charge in [-0.2, -0.15) is 0 Å². The van der Waals surface area contributed by atoms with Gasteiger partial charge in [0.15, 0.2) is 0 Å². The van der Waals surface area contributed by atoms with E-state index in [1.807, 2.05) is 18.7 Å². The van der Waals surface area contributed by atoms with Crippen LogP contribution in [0, 0.1) is 0 Å². The smallest absolute Gasteiger partial charge is 0.305 e. The summed E-state index contributed by atoms with van der Waals surface area (Å²) in [6.45, 7) is 5.41. The highest BCUT2D eigenvalue weighted by Crippen LogP contribution is 2.14. The van der Waals surface area contributed by atoms with Gasteiger partial charge in [-0.05, 0) is 19.9 Å². The summed E-state index contributed by atoms with van der Waals surface area (Å²) in [7, 11) is 0. The van der Waals surface area contributed by atoms with Crippen LogP contribution >= 0.6 is 0 Å². The van der Waals surface area contributed by atoms with Crippen LogP contribution in [0.3, 0.4) is 0 Å². The molecule has 1 saturated heterocycles. The number of rotatable bonds is 4. The van der Waals surface area contributed by atoms with E-state index >= 15 is 0 Å². The normalized spacial score (nSPS) is 27.5. The molecule has 2 N–H and O–H groups in total. The Labute approximate surface area is 89.4 Å². The van der Waals surface area contributed by atoms with Crippen molar-refractivity contribution in [2.45, 2.75) is 38.8 Å². The highest BCUT2D eigenvalue weighted by molar-refractivity contribution is 5.86. The molecule has 0 aromatic rings. The lowest BCUT2D eigenvalue weighted by atomic mass is 10.0. The van der Waals surface area contributed by atoms with E-state index in [9.17, 15) is 9.59 Å². The number of hydrogen-bond donors (Lipinski definition) is 2. The number of aliphatic carboxylic acids is 1. The first-order chi connectivity index (χ1) is 7.06. The van der Waals surface area contributed by atoms with Crippen molar-refractivity contribution < 1.29 is 14.7 Å². The van der Waals surface area contributed by atoms with Crippen molar-refractivity contribution in [3.05, 3.63) is 0 Å². The fourth-order valence-electron chi connectivity index (χ4n) is 1.95. The second-order valence-corrected chi connectivity index (χ2v) is 3.95. The SMILES string of the molecule is CCCN1C(C)CNC(=O)C1CC(=O)O. The number of carboxylic acid groups (broad SMARTS) is 1. The van der Waals surface area contributed by atoms with Crippen molar-refractivity contribution >= 4 is 11.9 Å². The van der Waals surface area contributed by atoms with E-state index in [0.717, 1.165) is 13.0 Å². The van der Waals surface area contributed by atoms with Crippen LogP contribution in [0.1, 0.15) is 26.7 Å². The molecule has 0 aromatic carbocycles. The van der Waals surface area contributed by atoms with Gasteiger partial charge in [0, 0.05) is 12.6 Å². The molecule has 2 unspecified atom stereocenters. The maximum Gasteiger partial charge on any atom is 0.305 e. The van der Waals surface area contributed by atoms with E-state index in [2.05, 4.69) is 5.32 Å². The molecule has 1 rings (SSSR count). The number of nitrogens with zero attached hydrogens (tertiary/aromatic N) is 1. The summed E-state index contributed by atoms with van der Waals surface area (Å²) in [5.41, 5.74) is 0. The third kappa shape index (κ3) is 2.92. The number of piperazine rings is 1. The Morgan fingerprint density at radius 2 is 2.33 bits per heavy atom. The molecule has 1 aliphatic heterocycles. The van der Waals surface area contributed by atoms with E-state index in [-0.39, 0.29) is 18.4 Å². The average molecular weight is 214 g/mol. The third-order valence-electron chi connectivity index (χ3n) is 2.69. The zero-order chi connectivity index (χ0) is 11.4. The average Bonchev–Trinajstić information content (AvgIpc) is 2.17. The van der Waals surface area contributed by atoms with Crippen LogP contribution < -0.4 is 5.32 Å². The molecule has 0 aromatic heterocycles. The van der Waals surface area contributed by atoms with Crippen LogP contribution in [0.2, 0.25) is 0 Å². The Morgan fingerprint density at radius 1 is 1.67 bits per heavy atom. The van der Waals surface area contributed by atoms with Gasteiger partial charge < -0.3 is 10.4 Å². The molecule has 15 heavy (non-hydrogen) atoms. The first-order valence-electron chi connectivity index (χ1n) is 5.31. The van der Waals surface area contributed by atoms with Gasteiger partial charge in [-0.1, -0.05) is 6.92 Å². The molecular weight excluding hydrogens is 196 g/mol. The van der Waals surface area contributed by atoms with Crippen LogP contribution in [0.5, 0.6) is 0 Å². The van der Waals surface area contributed by atoms with Crippen LogP contribution in [-0.4, -0.2) is 47.1 Å². The van der Waals surface area contributed by atoms with Crippen LogP contribution in [0.25, 0.3) is 0 Å². The fourth-order valence-corrected chi connectivity index (χ4v) is 1.95. The molecule has 0 saturated carbocycles. The Hall–Kier alpha value is -1.10. The molecule has 0 spiro atoms. The molecule has 1 heterocycles. The van der Waals surface area contributed by atoms with Gasteiger partial charge in [0.05, 0.1) is 12.5 Å². The van der Waals surface area contributed by atoms with Crippen molar-refractivity contribution in [1.29, 1.82) is 0 Å². The lowest BCUT2D eigenvalue weighted by Gasteiger charge is -2.39. The minimum absolute atomic E-state index is 0.115. The monoisotopic (exact) mass is 214 g/mol. The number of amides is 1. The molecule has 86 valence electrons. The summed E-state index contributed by atoms with van der Waals surface area (Å²) in [4.78, 5) is 24.2. The van der Waals surface area contributed by atoms with E-state index in [0.29, 0.717) is 6.54 Å². The summed E-state index contributed by atoms with van der Waals surface area (Å²) in [6, 6.07) is -0.293. The predicted molar refractivity (Wildman–Crippen MR) is 55.5 cm³/mol. The minimum atomic E-state index is -0.926. The minimum Gasteiger partial charge on any atom is -0.481 e. The first-order valence-corrected chi connectivity index (χ1v) is 5.31. The fraction of sp³-hybridized carbons (Fsp3) is 0.800. The van der Waals surface area contributed by atoms with E-state index < -0.39 is 12.0 Å². The van der Waals surface area contributed by atoms with Crippen LogP contribution in [0.4, 0.5) is 0 Å². The summed E-state index contributed by atoms with van der Waals surface area (Å²) in [6.07, 6.45) is 0.809. The van der Waals surface area contributed by atoms with Gasteiger partial charge in [0.1, 0.15) is 0 Å². The molecule has 0 aliphatic carbocycles. The van der Waals surface area contributed by atoms with Crippen LogP contribution in [0.15, 0.2) is 0 Å². The Morgan fingerprint density at radius 3 is 2.87 bits per heavy atom. The summed E-state index contributed by atoms with van der Waals surface area (Å²) >= 11 is 0. The van der Waals surface area contributed by atoms with Crippen molar-refractivity contribution in [1.82, 2.24) is 10.2 Å². The maximum atomic E-state index is 11.5. The first kappa shape index (κ1) is 12.0. The number of nitrogens with one attached hydrogen (secondary N) is 1. The molecule has 1 amide bonds. The van der Waals surface area contributed by atoms with Crippen molar-refractivity contribution in [2.75, 3.05) is 13.1 Å². The topological polar surface area (TPSA) is 69.6 Å². The van der Waals surface area contributed by atoms with E-state index in [4.69, 9.17) is 5.11 Å². The van der Waals surface area contributed by atoms with E-state index in [1.54, 1.807) is 0 Å². The standard InChI is InChI=1S/C10H18N2O3/c1-3-4-12-7(2)6-11-10(15)8(12)5-9(13)14/h7-8H,3-6H2,1-2H3,(H,11,15)(H,13,14). The lowest BCUT2D eigenvalue weighted by Crippen LogP contribution is -2.60. The van der Waals surface area contributed by atoms with Gasteiger partial charge in [-0.25, -0.2) is 0 Å². The zero-order valence-electron chi connectivity index (χ0n) is 9.19. The number of hydrogen-bond acceptors (Lipinski definition) is 3. The lowest BCUT2D eigenvalue weighted by molar-refractivity contribution is -0.144. The van der Waals surface area contributed by atoms with Gasteiger partial charge in [-0.15, -0.1) is 0 Å². The van der Waals surface area contributed by atoms with Gasteiger partial charge in [0.2, 0.25) is 5.91 Å². The van der Waals surface area contributed by atoms with E-state index in [1.165, 1.54) is 0 Å². The Kier molecular flexibility index (Phi) is 4.08. The second kappa shape index (κ2) is 5.11. The number of carbonyl (C=O) groups is 2. The zero-order valence-corrected chi connectivity index (χ0v) is 9.19. The molecule has 1 fully saturated rings. The van der Waals surface area contributed by atoms with Crippen molar-refractivity contribution in [3.63, 3.8) is 0 Å². The van der Waals surface area contributed by atoms with Crippen molar-refractivity contribution in [3.8, 4) is 0 Å². The second-order valence-electron chi connectivity index (χ2n) is 3.95. The molecule has 5 nitrogen and oxygen atoms in total. The molecule has 5 heteroatoms. The quantitative estimate of drug-likeness (QED) is 0.694. The highest BCUT2D eigenvalue weighted by Gasteiger charge is 2.34. The summed E-state index contributed by atoms with van der Waals surface area (Å²) in [5, 5.41) is 11.5. The maximum absolute atomic E-state index is 11.5. The van der Waals surface area contributed by atoms with Gasteiger partial charge >= 0.3 is 5.97 Å². The Balaban J connectivity index is 2.73. The summed E-state index contributed by atoms with van der Waals surface area (Å²) in [5.74, 6) is -1.09. The molecule has 0 bridgehead atoms. The molecule has 0 radical (unpaired) electrons. The number of carboxylic acids is 1. The largest absolute Gasteiger partial charge is 0.481 e.